The Morgan fingerprint density at radius 3 is 2.19 bits per heavy atom. The maximum atomic E-state index is 13.3. The molecule has 1 saturated carbocycles. The minimum Gasteiger partial charge on any atom is -0.368 e. The van der Waals surface area contributed by atoms with Gasteiger partial charge in [0.05, 0.1) is 11.4 Å². The number of carbonyl (C=O) groups excluding carboxylic acids is 3. The third-order valence-electron chi connectivity index (χ3n) is 7.07. The Labute approximate surface area is 210 Å². The minimum absolute atomic E-state index is 0.00837. The number of piperazine rings is 1. The van der Waals surface area contributed by atoms with Crippen LogP contribution in [0.2, 0.25) is 0 Å². The first-order valence-corrected chi connectivity index (χ1v) is 12.7. The fourth-order valence-electron chi connectivity index (χ4n) is 4.81. The molecule has 0 unspecified atom stereocenters. The second-order valence-electron chi connectivity index (χ2n) is 9.68. The van der Waals surface area contributed by atoms with E-state index in [-0.39, 0.29) is 29.5 Å². The highest BCUT2D eigenvalue weighted by Gasteiger charge is 2.31. The summed E-state index contributed by atoms with van der Waals surface area (Å²) in [6.45, 7) is 5.27. The van der Waals surface area contributed by atoms with E-state index in [4.69, 9.17) is 0 Å². The Morgan fingerprint density at radius 2 is 1.47 bits per heavy atom. The van der Waals surface area contributed by atoms with Crippen molar-refractivity contribution < 1.29 is 18.8 Å². The zero-order valence-corrected chi connectivity index (χ0v) is 20.3. The summed E-state index contributed by atoms with van der Waals surface area (Å²) in [6.07, 6.45) is 2.54. The highest BCUT2D eigenvalue weighted by atomic mass is 19.1. The topological polar surface area (TPSA) is 85.0 Å². The average molecular weight is 494 g/mol. The maximum Gasteiger partial charge on any atom is 0.254 e. The van der Waals surface area contributed by atoms with E-state index in [0.717, 1.165) is 38.0 Å². The second-order valence-corrected chi connectivity index (χ2v) is 9.68. The van der Waals surface area contributed by atoms with Gasteiger partial charge in [-0.3, -0.25) is 14.4 Å². The van der Waals surface area contributed by atoms with E-state index < -0.39 is 0 Å². The highest BCUT2D eigenvalue weighted by Crippen LogP contribution is 2.34. The van der Waals surface area contributed by atoms with Gasteiger partial charge in [-0.15, -0.1) is 0 Å². The average Bonchev–Trinajstić information content (AvgIpc) is 3.76. The lowest BCUT2D eigenvalue weighted by atomic mass is 10.1. The fraction of sp³-hybridized carbons (Fsp3) is 0.444. The van der Waals surface area contributed by atoms with Gasteiger partial charge < -0.3 is 25.3 Å². The quantitative estimate of drug-likeness (QED) is 0.669. The molecule has 2 N–H and O–H groups in total. The van der Waals surface area contributed by atoms with Gasteiger partial charge in [-0.2, -0.15) is 0 Å². The number of carbonyl (C=O) groups is 3. The molecule has 2 aromatic rings. The summed E-state index contributed by atoms with van der Waals surface area (Å²) in [5.41, 5.74) is 2.54. The van der Waals surface area contributed by atoms with Gasteiger partial charge in [-0.25, -0.2) is 4.39 Å². The number of rotatable bonds is 5. The Morgan fingerprint density at radius 1 is 0.806 bits per heavy atom. The fourth-order valence-corrected chi connectivity index (χ4v) is 4.81. The number of anilines is 2. The van der Waals surface area contributed by atoms with Crippen LogP contribution < -0.4 is 15.5 Å². The lowest BCUT2D eigenvalue weighted by Crippen LogP contribution is -2.46. The number of amides is 3. The van der Waals surface area contributed by atoms with Gasteiger partial charge in [-0.1, -0.05) is 0 Å². The Hall–Kier alpha value is -3.46. The van der Waals surface area contributed by atoms with Crippen molar-refractivity contribution in [3.05, 3.63) is 59.4 Å². The van der Waals surface area contributed by atoms with E-state index in [1.165, 1.54) is 24.3 Å². The summed E-state index contributed by atoms with van der Waals surface area (Å²) in [6, 6.07) is 11.2. The van der Waals surface area contributed by atoms with Crippen molar-refractivity contribution in [1.82, 2.24) is 15.1 Å². The molecule has 2 aromatic carbocycles. The van der Waals surface area contributed by atoms with Crippen molar-refractivity contribution in [2.75, 3.05) is 62.6 Å². The number of halogens is 1. The van der Waals surface area contributed by atoms with E-state index in [0.29, 0.717) is 56.1 Å². The van der Waals surface area contributed by atoms with Crippen LogP contribution in [0.3, 0.4) is 0 Å². The summed E-state index contributed by atoms with van der Waals surface area (Å²) >= 11 is 0. The third-order valence-corrected chi connectivity index (χ3v) is 7.07. The molecular formula is C27H32FN5O3. The summed E-state index contributed by atoms with van der Waals surface area (Å²) < 4.78 is 13.3. The molecule has 0 aromatic heterocycles. The molecule has 0 bridgehead atoms. The van der Waals surface area contributed by atoms with Crippen molar-refractivity contribution in [2.24, 2.45) is 5.92 Å². The molecule has 3 amide bonds. The molecule has 3 fully saturated rings. The van der Waals surface area contributed by atoms with E-state index in [2.05, 4.69) is 15.5 Å². The first-order valence-electron chi connectivity index (χ1n) is 12.7. The smallest absolute Gasteiger partial charge is 0.254 e. The maximum absolute atomic E-state index is 13.3. The molecule has 2 heterocycles. The second kappa shape index (κ2) is 10.7. The van der Waals surface area contributed by atoms with Crippen molar-refractivity contribution in [3.63, 3.8) is 0 Å². The van der Waals surface area contributed by atoms with Crippen molar-refractivity contribution in [1.29, 1.82) is 0 Å². The van der Waals surface area contributed by atoms with Crippen LogP contribution in [-0.4, -0.2) is 79.9 Å². The summed E-state index contributed by atoms with van der Waals surface area (Å²) in [5, 5.41) is 6.33. The summed E-state index contributed by atoms with van der Waals surface area (Å²) in [4.78, 5) is 44.5. The molecule has 2 aliphatic heterocycles. The van der Waals surface area contributed by atoms with Crippen molar-refractivity contribution in [2.45, 2.75) is 19.3 Å². The van der Waals surface area contributed by atoms with Gasteiger partial charge in [-0.05, 0) is 61.7 Å². The standard InChI is InChI=1S/C27H32FN5O3/c28-22-7-4-20(5-8-22)26(35)32-13-1-12-31(16-17-32)24-9-6-21(27(36)33-14-10-29-11-15-33)18-23(24)30-25(34)19-2-3-19/h4-9,18-19,29H,1-3,10-17H2,(H,30,34). The van der Waals surface area contributed by atoms with Gasteiger partial charge in [0.2, 0.25) is 5.91 Å². The molecule has 0 spiro atoms. The molecule has 0 atom stereocenters. The molecule has 36 heavy (non-hydrogen) atoms. The van der Waals surface area contributed by atoms with Crippen LogP contribution in [0.25, 0.3) is 0 Å². The van der Waals surface area contributed by atoms with Crippen molar-refractivity contribution >= 4 is 29.1 Å². The minimum atomic E-state index is -0.367. The first-order chi connectivity index (χ1) is 17.5. The van der Waals surface area contributed by atoms with Gasteiger partial charge in [0.15, 0.2) is 0 Å². The van der Waals surface area contributed by atoms with Crippen LogP contribution in [-0.2, 0) is 4.79 Å². The predicted molar refractivity (Wildman–Crippen MR) is 136 cm³/mol. The third kappa shape index (κ3) is 5.51. The van der Waals surface area contributed by atoms with Crippen LogP contribution in [0.1, 0.15) is 40.0 Å². The molecule has 9 heteroatoms. The lowest BCUT2D eigenvalue weighted by Gasteiger charge is -2.29. The Bertz CT molecular complexity index is 1130. The van der Waals surface area contributed by atoms with E-state index in [1.54, 1.807) is 11.0 Å². The van der Waals surface area contributed by atoms with Gasteiger partial charge in [0, 0.05) is 69.4 Å². The zero-order chi connectivity index (χ0) is 25.1. The predicted octanol–water partition coefficient (Wildman–Crippen LogP) is 2.57. The number of hydrogen-bond acceptors (Lipinski definition) is 5. The molecule has 1 aliphatic carbocycles. The Kier molecular flexibility index (Phi) is 7.18. The highest BCUT2D eigenvalue weighted by molar-refractivity contribution is 6.01. The van der Waals surface area contributed by atoms with Gasteiger partial charge in [0.1, 0.15) is 5.82 Å². The lowest BCUT2D eigenvalue weighted by molar-refractivity contribution is -0.117. The summed E-state index contributed by atoms with van der Waals surface area (Å²) in [5.74, 6) is -0.481. The van der Waals surface area contributed by atoms with Crippen LogP contribution in [0.5, 0.6) is 0 Å². The number of nitrogens with one attached hydrogen (secondary N) is 2. The zero-order valence-electron chi connectivity index (χ0n) is 20.3. The number of benzene rings is 2. The van der Waals surface area contributed by atoms with Crippen LogP contribution in [0.4, 0.5) is 15.8 Å². The largest absolute Gasteiger partial charge is 0.368 e. The first kappa shape index (κ1) is 24.2. The number of hydrogen-bond donors (Lipinski definition) is 2. The van der Waals surface area contributed by atoms with Crippen LogP contribution in [0, 0.1) is 11.7 Å². The van der Waals surface area contributed by atoms with E-state index in [1.807, 2.05) is 17.0 Å². The molecule has 8 nitrogen and oxygen atoms in total. The van der Waals surface area contributed by atoms with E-state index in [9.17, 15) is 18.8 Å². The monoisotopic (exact) mass is 493 g/mol. The van der Waals surface area contributed by atoms with Crippen LogP contribution >= 0.6 is 0 Å². The number of nitrogens with zero attached hydrogens (tertiary/aromatic N) is 3. The molecule has 5 rings (SSSR count). The van der Waals surface area contributed by atoms with Crippen LogP contribution in [0.15, 0.2) is 42.5 Å². The normalized spacial score (nSPS) is 18.5. The molecule has 3 aliphatic rings. The van der Waals surface area contributed by atoms with E-state index >= 15 is 0 Å². The Balaban J connectivity index is 1.34. The molecule has 0 radical (unpaired) electrons. The van der Waals surface area contributed by atoms with Crippen molar-refractivity contribution in [3.8, 4) is 0 Å². The molecule has 2 saturated heterocycles. The van der Waals surface area contributed by atoms with Gasteiger partial charge in [0.25, 0.3) is 11.8 Å². The molecular weight excluding hydrogens is 461 g/mol. The molecule has 190 valence electrons. The van der Waals surface area contributed by atoms with Gasteiger partial charge >= 0.3 is 0 Å². The summed E-state index contributed by atoms with van der Waals surface area (Å²) in [7, 11) is 0. The SMILES string of the molecule is O=C(Nc1cc(C(=O)N2CCNCC2)ccc1N1CCCN(C(=O)c2ccc(F)cc2)CC1)C1CC1.